The van der Waals surface area contributed by atoms with Gasteiger partial charge in [0.05, 0.1) is 15.9 Å². The van der Waals surface area contributed by atoms with Crippen LogP contribution in [-0.2, 0) is 0 Å². The Hall–Kier alpha value is -1.26. The van der Waals surface area contributed by atoms with Gasteiger partial charge in [-0.15, -0.1) is 0 Å². The molecular weight excluding hydrogens is 208 g/mol. The number of thiocarbonyl (C=S) groups is 1. The third kappa shape index (κ3) is 2.22. The summed E-state index contributed by atoms with van der Waals surface area (Å²) in [6.45, 7) is 0.167. The van der Waals surface area contributed by atoms with Crippen molar-refractivity contribution in [2.45, 2.75) is 12.8 Å². The average Bonchev–Trinajstić information content (AvgIpc) is 2.69. The molecule has 2 N–H and O–H groups in total. The number of rotatable bonds is 4. The molecule has 78 valence electrons. The summed E-state index contributed by atoms with van der Waals surface area (Å²) in [6, 6.07) is 7.83. The molecule has 0 atom stereocenters. The first-order valence-electron chi connectivity index (χ1n) is 4.90. The topological polar surface area (TPSA) is 48.9 Å². The molecule has 0 amide bonds. The van der Waals surface area contributed by atoms with Gasteiger partial charge in [0.1, 0.15) is 5.82 Å². The number of nitrogens with zero attached hydrogens (tertiary/aromatic N) is 1. The predicted octanol–water partition coefficient (Wildman–Crippen LogP) is 2.05. The normalized spacial score (nSPS) is 10.7. The van der Waals surface area contributed by atoms with Gasteiger partial charge in [-0.2, -0.15) is 0 Å². The number of aromatic amines is 1. The molecule has 0 fully saturated rings. The van der Waals surface area contributed by atoms with Crippen molar-refractivity contribution in [1.82, 2.24) is 9.97 Å². The molecule has 2 rings (SSSR count). The molecule has 1 aromatic carbocycles. The van der Waals surface area contributed by atoms with E-state index in [1.807, 2.05) is 24.3 Å². The number of hydrogen-bond acceptors (Lipinski definition) is 3. The lowest BCUT2D eigenvalue weighted by Crippen LogP contribution is -2.00. The van der Waals surface area contributed by atoms with Gasteiger partial charge in [0.2, 0.25) is 0 Å². The maximum Gasteiger partial charge on any atom is 0.145 e. The van der Waals surface area contributed by atoms with E-state index in [1.165, 1.54) is 0 Å². The highest BCUT2D eigenvalue weighted by atomic mass is 32.1. The number of aromatic nitrogens is 2. The predicted molar refractivity (Wildman–Crippen MR) is 64.1 cm³/mol. The van der Waals surface area contributed by atoms with Crippen molar-refractivity contribution in [3.8, 4) is 0 Å². The number of fused-ring (bicyclic) bond motifs is 1. The molecule has 0 saturated carbocycles. The van der Waals surface area contributed by atoms with Crippen LogP contribution in [0.1, 0.15) is 18.7 Å². The van der Waals surface area contributed by atoms with E-state index in [9.17, 15) is 0 Å². The van der Waals surface area contributed by atoms with Crippen LogP contribution >= 0.6 is 12.2 Å². The SMILES string of the molecule is OCCCC(=S)c1nc2ccccc2[nH]1. The Morgan fingerprint density at radius 3 is 2.93 bits per heavy atom. The first-order chi connectivity index (χ1) is 7.31. The number of imidazole rings is 1. The summed E-state index contributed by atoms with van der Waals surface area (Å²) >= 11 is 5.22. The van der Waals surface area contributed by atoms with Gasteiger partial charge in [-0.25, -0.2) is 4.98 Å². The molecule has 0 aliphatic rings. The van der Waals surface area contributed by atoms with Crippen LogP contribution in [0, 0.1) is 0 Å². The fourth-order valence-electron chi connectivity index (χ4n) is 1.44. The number of para-hydroxylation sites is 2. The minimum Gasteiger partial charge on any atom is -0.396 e. The van der Waals surface area contributed by atoms with Crippen molar-refractivity contribution in [2.75, 3.05) is 6.61 Å². The fourth-order valence-corrected chi connectivity index (χ4v) is 1.68. The first kappa shape index (κ1) is 10.3. The molecule has 0 aliphatic carbocycles. The zero-order valence-electron chi connectivity index (χ0n) is 8.23. The Morgan fingerprint density at radius 2 is 2.20 bits per heavy atom. The zero-order valence-corrected chi connectivity index (χ0v) is 9.05. The van der Waals surface area contributed by atoms with Crippen LogP contribution < -0.4 is 0 Å². The molecule has 2 aromatic rings. The van der Waals surface area contributed by atoms with Crippen LogP contribution in [0.15, 0.2) is 24.3 Å². The molecule has 0 radical (unpaired) electrons. The molecule has 15 heavy (non-hydrogen) atoms. The van der Waals surface area contributed by atoms with Crippen LogP contribution in [0.3, 0.4) is 0 Å². The maximum atomic E-state index is 8.71. The molecule has 0 unspecified atom stereocenters. The van der Waals surface area contributed by atoms with E-state index >= 15 is 0 Å². The summed E-state index contributed by atoms with van der Waals surface area (Å²) in [5.41, 5.74) is 1.93. The second kappa shape index (κ2) is 4.51. The monoisotopic (exact) mass is 220 g/mol. The van der Waals surface area contributed by atoms with Gasteiger partial charge in [-0.05, 0) is 25.0 Å². The number of H-pyrrole nitrogens is 1. The Bertz CT molecular complexity index is 445. The Balaban J connectivity index is 2.25. The second-order valence-electron chi connectivity index (χ2n) is 3.35. The van der Waals surface area contributed by atoms with Crippen molar-refractivity contribution in [1.29, 1.82) is 0 Å². The molecule has 0 bridgehead atoms. The van der Waals surface area contributed by atoms with Gasteiger partial charge in [-0.1, -0.05) is 24.4 Å². The van der Waals surface area contributed by atoms with E-state index in [0.29, 0.717) is 12.8 Å². The highest BCUT2D eigenvalue weighted by molar-refractivity contribution is 7.80. The molecular formula is C11H12N2OS. The number of aliphatic hydroxyl groups is 1. The standard InChI is InChI=1S/C11H12N2OS/c14-7-3-6-10(15)11-12-8-4-1-2-5-9(8)13-11/h1-2,4-5,14H,3,6-7H2,(H,12,13). The molecule has 3 nitrogen and oxygen atoms in total. The lowest BCUT2D eigenvalue weighted by molar-refractivity contribution is 0.291. The van der Waals surface area contributed by atoms with Crippen molar-refractivity contribution < 1.29 is 5.11 Å². The van der Waals surface area contributed by atoms with E-state index in [4.69, 9.17) is 17.3 Å². The Labute approximate surface area is 93.2 Å². The van der Waals surface area contributed by atoms with Gasteiger partial charge < -0.3 is 10.1 Å². The van der Waals surface area contributed by atoms with E-state index in [2.05, 4.69) is 9.97 Å². The average molecular weight is 220 g/mol. The van der Waals surface area contributed by atoms with Crippen molar-refractivity contribution in [3.63, 3.8) is 0 Å². The van der Waals surface area contributed by atoms with Crippen LogP contribution in [0.4, 0.5) is 0 Å². The summed E-state index contributed by atoms with van der Waals surface area (Å²) in [5, 5.41) is 8.71. The maximum absolute atomic E-state index is 8.71. The molecule has 1 aromatic heterocycles. The van der Waals surface area contributed by atoms with Gasteiger partial charge in [0.15, 0.2) is 0 Å². The van der Waals surface area contributed by atoms with Crippen molar-refractivity contribution in [2.24, 2.45) is 0 Å². The molecule has 0 spiro atoms. The number of benzene rings is 1. The van der Waals surface area contributed by atoms with Crippen LogP contribution in [0.2, 0.25) is 0 Å². The first-order valence-corrected chi connectivity index (χ1v) is 5.31. The largest absolute Gasteiger partial charge is 0.396 e. The van der Waals surface area contributed by atoms with E-state index in [0.717, 1.165) is 21.7 Å². The van der Waals surface area contributed by atoms with E-state index < -0.39 is 0 Å². The van der Waals surface area contributed by atoms with Crippen LogP contribution in [0.25, 0.3) is 11.0 Å². The van der Waals surface area contributed by atoms with E-state index in [1.54, 1.807) is 0 Å². The summed E-state index contributed by atoms with van der Waals surface area (Å²) in [6.07, 6.45) is 1.39. The number of hydrogen-bond donors (Lipinski definition) is 2. The Morgan fingerprint density at radius 1 is 1.40 bits per heavy atom. The summed E-state index contributed by atoms with van der Waals surface area (Å²) in [4.78, 5) is 8.34. The summed E-state index contributed by atoms with van der Waals surface area (Å²) in [5.74, 6) is 0.750. The zero-order chi connectivity index (χ0) is 10.7. The highest BCUT2D eigenvalue weighted by Gasteiger charge is 2.06. The van der Waals surface area contributed by atoms with E-state index in [-0.39, 0.29) is 6.61 Å². The quantitative estimate of drug-likeness (QED) is 0.612. The van der Waals surface area contributed by atoms with Gasteiger partial charge in [-0.3, -0.25) is 0 Å². The minimum atomic E-state index is 0.167. The third-order valence-corrected chi connectivity index (χ3v) is 2.61. The van der Waals surface area contributed by atoms with Gasteiger partial charge in [0.25, 0.3) is 0 Å². The highest BCUT2D eigenvalue weighted by Crippen LogP contribution is 2.12. The smallest absolute Gasteiger partial charge is 0.145 e. The third-order valence-electron chi connectivity index (χ3n) is 2.22. The van der Waals surface area contributed by atoms with Crippen molar-refractivity contribution >= 4 is 28.1 Å². The molecule has 0 saturated heterocycles. The van der Waals surface area contributed by atoms with Crippen LogP contribution in [0.5, 0.6) is 0 Å². The second-order valence-corrected chi connectivity index (χ2v) is 3.85. The molecule has 4 heteroatoms. The van der Waals surface area contributed by atoms with Crippen molar-refractivity contribution in [3.05, 3.63) is 30.1 Å². The molecule has 0 aliphatic heterocycles. The van der Waals surface area contributed by atoms with Gasteiger partial charge >= 0.3 is 0 Å². The fraction of sp³-hybridized carbons (Fsp3) is 0.273. The minimum absolute atomic E-state index is 0.167. The molecule has 1 heterocycles. The number of nitrogens with one attached hydrogen (secondary N) is 1. The lowest BCUT2D eigenvalue weighted by Gasteiger charge is -1.96. The number of aliphatic hydroxyl groups excluding tert-OH is 1. The lowest BCUT2D eigenvalue weighted by atomic mass is 10.2. The van der Waals surface area contributed by atoms with Crippen LogP contribution in [-0.4, -0.2) is 26.5 Å². The summed E-state index contributed by atoms with van der Waals surface area (Å²) < 4.78 is 0. The summed E-state index contributed by atoms with van der Waals surface area (Å²) in [7, 11) is 0. The van der Waals surface area contributed by atoms with Gasteiger partial charge in [0, 0.05) is 6.61 Å². The Kier molecular flexibility index (Phi) is 3.08.